The van der Waals surface area contributed by atoms with Crippen LogP contribution in [0.3, 0.4) is 0 Å². The van der Waals surface area contributed by atoms with Gasteiger partial charge in [-0.1, -0.05) is 17.8 Å². The van der Waals surface area contributed by atoms with Crippen LogP contribution in [0.4, 0.5) is 0 Å². The third-order valence-electron chi connectivity index (χ3n) is 3.90. The predicted molar refractivity (Wildman–Crippen MR) is 101 cm³/mol. The summed E-state index contributed by atoms with van der Waals surface area (Å²) < 4.78 is 4.33. The number of amides is 2. The van der Waals surface area contributed by atoms with Gasteiger partial charge in [-0.25, -0.2) is 9.59 Å². The first kappa shape index (κ1) is 22.4. The quantitative estimate of drug-likeness (QED) is 0.117. The highest BCUT2D eigenvalue weighted by Crippen LogP contribution is 2.40. The number of β-lactam (4-membered cyclic amide) rings is 1. The summed E-state index contributed by atoms with van der Waals surface area (Å²) in [6.45, 7) is 2.89. The van der Waals surface area contributed by atoms with Gasteiger partial charge >= 0.3 is 11.9 Å². The van der Waals surface area contributed by atoms with Gasteiger partial charge in [-0.2, -0.15) is 0 Å². The van der Waals surface area contributed by atoms with E-state index in [1.165, 1.54) is 17.8 Å². The van der Waals surface area contributed by atoms with Gasteiger partial charge in [-0.05, 0) is 5.57 Å². The van der Waals surface area contributed by atoms with E-state index in [0.29, 0.717) is 5.57 Å². The maximum Gasteiger partial charge on any atom is 0.352 e. The van der Waals surface area contributed by atoms with E-state index < -0.39 is 59.2 Å². The second-order valence-electron chi connectivity index (χ2n) is 5.59. The fraction of sp³-hybridized carbons (Fsp3) is 0.375. The van der Waals surface area contributed by atoms with Crippen molar-refractivity contribution in [3.63, 3.8) is 0 Å². The standard InChI is InChI=1S/C16H16ClN3O8S/c1-3-7-6-29-15-11(14(24)20(15)12(7)16(25)26)18-13(23)10(8(21)4-17)19-28-5-9(22)27-2/h3,11,15H,1,4-6H2,2H3,(H,18,23)(H,25,26)/t11-,15-/m1/s1. The van der Waals surface area contributed by atoms with Crippen molar-refractivity contribution in [1.82, 2.24) is 10.2 Å². The fourth-order valence-electron chi connectivity index (χ4n) is 2.50. The minimum Gasteiger partial charge on any atom is -0.477 e. The minimum atomic E-state index is -1.29. The SMILES string of the molecule is C=CC1=C(C(=O)O)N2C(=O)[C@@H](NC(=O)C(=NOCC(=O)OC)C(=O)CCl)[C@H]2SC1. The molecule has 0 bridgehead atoms. The normalized spacial score (nSPS) is 21.0. The highest BCUT2D eigenvalue weighted by atomic mass is 35.5. The van der Waals surface area contributed by atoms with Crippen LogP contribution in [0.2, 0.25) is 0 Å². The maximum atomic E-state index is 12.4. The van der Waals surface area contributed by atoms with E-state index in [2.05, 4.69) is 26.6 Å². The number of carboxylic acids is 1. The lowest BCUT2D eigenvalue weighted by molar-refractivity contribution is -0.150. The summed E-state index contributed by atoms with van der Waals surface area (Å²) in [5, 5.41) is 14.3. The first-order valence-corrected chi connectivity index (χ1v) is 9.55. The summed E-state index contributed by atoms with van der Waals surface area (Å²) in [5.41, 5.74) is -0.559. The van der Waals surface area contributed by atoms with Gasteiger partial charge in [0.25, 0.3) is 11.8 Å². The molecule has 0 radical (unpaired) electrons. The molecule has 2 aliphatic rings. The van der Waals surface area contributed by atoms with E-state index in [9.17, 15) is 29.1 Å². The van der Waals surface area contributed by atoms with Crippen LogP contribution in [0, 0.1) is 0 Å². The summed E-state index contributed by atoms with van der Waals surface area (Å²) in [6.07, 6.45) is 1.36. The number of nitrogens with zero attached hydrogens (tertiary/aromatic N) is 2. The summed E-state index contributed by atoms with van der Waals surface area (Å²) >= 11 is 6.68. The predicted octanol–water partition coefficient (Wildman–Crippen LogP) is -0.735. The molecule has 0 saturated carbocycles. The molecular weight excluding hydrogens is 430 g/mol. The number of rotatable bonds is 9. The van der Waals surface area contributed by atoms with Gasteiger partial charge in [-0.3, -0.25) is 19.3 Å². The van der Waals surface area contributed by atoms with Crippen LogP contribution in [0.15, 0.2) is 29.1 Å². The third-order valence-corrected chi connectivity index (χ3v) is 5.44. The molecule has 0 aliphatic carbocycles. The summed E-state index contributed by atoms with van der Waals surface area (Å²) in [6, 6.07) is -1.08. The maximum absolute atomic E-state index is 12.4. The van der Waals surface area contributed by atoms with E-state index in [1.807, 2.05) is 0 Å². The second-order valence-corrected chi connectivity index (χ2v) is 6.96. The van der Waals surface area contributed by atoms with Crippen LogP contribution < -0.4 is 5.32 Å². The van der Waals surface area contributed by atoms with Crippen LogP contribution >= 0.6 is 23.4 Å². The number of ether oxygens (including phenoxy) is 1. The zero-order chi connectivity index (χ0) is 21.7. The Kier molecular flexibility index (Phi) is 7.40. The molecule has 0 unspecified atom stereocenters. The number of methoxy groups -OCH3 is 1. The molecule has 0 spiro atoms. The van der Waals surface area contributed by atoms with Gasteiger partial charge in [-0.15, -0.1) is 23.4 Å². The van der Waals surface area contributed by atoms with Crippen molar-refractivity contribution in [2.24, 2.45) is 5.16 Å². The Morgan fingerprint density at radius 2 is 2.14 bits per heavy atom. The summed E-state index contributed by atoms with van der Waals surface area (Å²) in [5.74, 6) is -5.01. The minimum absolute atomic E-state index is 0.202. The number of carbonyl (C=O) groups is 5. The number of carbonyl (C=O) groups excluding carboxylic acids is 4. The van der Waals surface area contributed by atoms with Crippen LogP contribution in [0.25, 0.3) is 0 Å². The fourth-order valence-corrected chi connectivity index (χ4v) is 3.97. The van der Waals surface area contributed by atoms with Crippen LogP contribution in [-0.4, -0.2) is 82.0 Å². The van der Waals surface area contributed by atoms with Crippen molar-refractivity contribution in [3.05, 3.63) is 23.9 Å². The lowest BCUT2D eigenvalue weighted by Crippen LogP contribution is -2.71. The molecule has 2 amide bonds. The van der Waals surface area contributed by atoms with E-state index in [1.54, 1.807) is 0 Å². The number of allylic oxidation sites excluding steroid dienone is 1. The van der Waals surface area contributed by atoms with Gasteiger partial charge in [0.1, 0.15) is 17.1 Å². The Morgan fingerprint density at radius 1 is 1.45 bits per heavy atom. The monoisotopic (exact) mass is 445 g/mol. The Labute approximate surface area is 173 Å². The van der Waals surface area contributed by atoms with E-state index in [-0.39, 0.29) is 11.4 Å². The summed E-state index contributed by atoms with van der Waals surface area (Å²) in [7, 11) is 1.11. The molecule has 2 N–H and O–H groups in total. The molecule has 2 heterocycles. The van der Waals surface area contributed by atoms with Crippen LogP contribution in [-0.2, 0) is 33.5 Å². The highest BCUT2D eigenvalue weighted by molar-refractivity contribution is 8.00. The van der Waals surface area contributed by atoms with Gasteiger partial charge in [0.15, 0.2) is 0 Å². The van der Waals surface area contributed by atoms with Crippen molar-refractivity contribution in [3.8, 4) is 0 Å². The number of halogens is 1. The first-order valence-electron chi connectivity index (χ1n) is 7.97. The van der Waals surface area contributed by atoms with Gasteiger partial charge in [0.2, 0.25) is 18.1 Å². The molecule has 29 heavy (non-hydrogen) atoms. The zero-order valence-electron chi connectivity index (χ0n) is 15.0. The number of hydrogen-bond donors (Lipinski definition) is 2. The number of carboxylic acid groups (broad SMARTS) is 1. The largest absolute Gasteiger partial charge is 0.477 e. The van der Waals surface area contributed by atoms with Crippen molar-refractivity contribution in [1.29, 1.82) is 0 Å². The first-order chi connectivity index (χ1) is 13.8. The third kappa shape index (κ3) is 4.59. The van der Waals surface area contributed by atoms with Gasteiger partial charge in [0, 0.05) is 5.75 Å². The van der Waals surface area contributed by atoms with E-state index in [0.717, 1.165) is 12.0 Å². The average Bonchev–Trinajstić information content (AvgIpc) is 2.72. The van der Waals surface area contributed by atoms with E-state index in [4.69, 9.17) is 11.6 Å². The molecule has 0 aromatic rings. The number of hydrogen-bond acceptors (Lipinski definition) is 9. The van der Waals surface area contributed by atoms with Gasteiger partial charge < -0.3 is 20.0 Å². The molecule has 156 valence electrons. The van der Waals surface area contributed by atoms with Crippen molar-refractivity contribution in [2.75, 3.05) is 25.3 Å². The number of fused-ring (bicyclic) bond motifs is 1. The summed E-state index contributed by atoms with van der Waals surface area (Å²) in [4.78, 5) is 64.9. The van der Waals surface area contributed by atoms with Crippen LogP contribution in [0.5, 0.6) is 0 Å². The number of oxime groups is 1. The molecule has 11 nitrogen and oxygen atoms in total. The average molecular weight is 446 g/mol. The van der Waals surface area contributed by atoms with Crippen molar-refractivity contribution < 1.29 is 38.7 Å². The molecule has 13 heteroatoms. The lowest BCUT2D eigenvalue weighted by Gasteiger charge is -2.49. The Hall–Kier alpha value is -2.86. The number of esters is 1. The molecule has 2 rings (SSSR count). The number of thioether (sulfide) groups is 1. The molecule has 2 aliphatic heterocycles. The molecular formula is C16H16ClN3O8S. The molecule has 2 atom stereocenters. The van der Waals surface area contributed by atoms with E-state index >= 15 is 0 Å². The molecule has 0 aromatic heterocycles. The molecule has 1 fully saturated rings. The molecule has 0 aromatic carbocycles. The lowest BCUT2D eigenvalue weighted by atomic mass is 10.0. The number of nitrogens with one attached hydrogen (secondary N) is 1. The second kappa shape index (κ2) is 9.56. The van der Waals surface area contributed by atoms with Crippen LogP contribution in [0.1, 0.15) is 0 Å². The van der Waals surface area contributed by atoms with Crippen molar-refractivity contribution >= 4 is 58.6 Å². The van der Waals surface area contributed by atoms with Crippen molar-refractivity contribution in [2.45, 2.75) is 11.4 Å². The van der Waals surface area contributed by atoms with Gasteiger partial charge in [0.05, 0.1) is 13.0 Å². The number of Topliss-reactive ketones (excluding diaryl/α,β-unsaturated/α-hetero) is 1. The molecule has 1 saturated heterocycles. The number of alkyl halides is 1. The topological polar surface area (TPSA) is 152 Å². The number of ketones is 1. The highest BCUT2D eigenvalue weighted by Gasteiger charge is 2.54. The Balaban J connectivity index is 2.14. The Morgan fingerprint density at radius 3 is 2.69 bits per heavy atom. The zero-order valence-corrected chi connectivity index (χ0v) is 16.6. The smallest absolute Gasteiger partial charge is 0.352 e. The number of aliphatic carboxylic acids is 1. The Bertz CT molecular complexity index is 840.